The number of nitrogens with one attached hydrogen (secondary N) is 1. The van der Waals surface area contributed by atoms with Crippen LogP contribution >= 0.6 is 11.8 Å². The maximum Gasteiger partial charge on any atom is 0.296 e. The molecule has 0 saturated heterocycles. The number of methoxy groups -OCH3 is 1. The van der Waals surface area contributed by atoms with Crippen molar-refractivity contribution in [1.29, 1.82) is 0 Å². The molecule has 1 aliphatic rings. The molecule has 1 aromatic heterocycles. The molecule has 3 N–H and O–H groups in total. The van der Waals surface area contributed by atoms with E-state index in [1.54, 1.807) is 0 Å². The molecule has 0 radical (unpaired) electrons. The standard InChI is InChI=1S/C17H20N6O5S/c1-28-11-4-5-12(13(8-11)23(26)27)19-15(25)9-29-17-21-20-16(10-2-3-10)22(17)7-6-14(18)24/h4-5,8,10H,2-3,6-7,9H2,1H3,(H2,18,24)(H,19,25). The third-order valence-corrected chi connectivity index (χ3v) is 5.24. The van der Waals surface area contributed by atoms with E-state index in [0.717, 1.165) is 30.4 Å². The highest BCUT2D eigenvalue weighted by atomic mass is 32.2. The lowest BCUT2D eigenvalue weighted by Gasteiger charge is -2.09. The average Bonchev–Trinajstić information content (AvgIpc) is 3.45. The Balaban J connectivity index is 1.67. The second-order valence-corrected chi connectivity index (χ2v) is 7.40. The summed E-state index contributed by atoms with van der Waals surface area (Å²) in [4.78, 5) is 34.1. The Bertz CT molecular complexity index is 942. The van der Waals surface area contributed by atoms with Crippen molar-refractivity contribution in [2.24, 2.45) is 5.73 Å². The fourth-order valence-corrected chi connectivity index (χ4v) is 3.47. The van der Waals surface area contributed by atoms with Crippen LogP contribution in [0.3, 0.4) is 0 Å². The van der Waals surface area contributed by atoms with Crippen LogP contribution in [-0.4, -0.2) is 44.4 Å². The number of hydrogen-bond acceptors (Lipinski definition) is 8. The molecule has 1 saturated carbocycles. The van der Waals surface area contributed by atoms with Crippen molar-refractivity contribution in [3.8, 4) is 5.75 Å². The lowest BCUT2D eigenvalue weighted by atomic mass is 10.2. The molecule has 1 heterocycles. The molecule has 1 fully saturated rings. The van der Waals surface area contributed by atoms with Crippen molar-refractivity contribution in [1.82, 2.24) is 14.8 Å². The van der Waals surface area contributed by atoms with E-state index in [0.29, 0.717) is 23.4 Å². The first kappa shape index (κ1) is 20.6. The maximum atomic E-state index is 12.3. The number of ether oxygens (including phenoxy) is 1. The summed E-state index contributed by atoms with van der Waals surface area (Å²) in [6.45, 7) is 0.349. The van der Waals surface area contributed by atoms with Gasteiger partial charge >= 0.3 is 0 Å². The van der Waals surface area contributed by atoms with Crippen molar-refractivity contribution < 1.29 is 19.2 Å². The number of amides is 2. The quantitative estimate of drug-likeness (QED) is 0.334. The third kappa shape index (κ3) is 5.22. The summed E-state index contributed by atoms with van der Waals surface area (Å²) < 4.78 is 6.79. The molecular weight excluding hydrogens is 400 g/mol. The Labute approximate surface area is 170 Å². The van der Waals surface area contributed by atoms with Crippen LogP contribution in [0.5, 0.6) is 5.75 Å². The van der Waals surface area contributed by atoms with Crippen LogP contribution in [0.25, 0.3) is 0 Å². The monoisotopic (exact) mass is 420 g/mol. The second-order valence-electron chi connectivity index (χ2n) is 6.46. The number of carbonyl (C=O) groups is 2. The van der Waals surface area contributed by atoms with Crippen molar-refractivity contribution in [2.75, 3.05) is 18.2 Å². The minimum Gasteiger partial charge on any atom is -0.496 e. The number of hydrogen-bond donors (Lipinski definition) is 2. The molecule has 3 rings (SSSR count). The SMILES string of the molecule is COc1ccc(NC(=O)CSc2nnc(C3CC3)n2CCC(N)=O)c([N+](=O)[O-])c1. The molecule has 11 nitrogen and oxygen atoms in total. The molecule has 2 amide bonds. The van der Waals surface area contributed by atoms with Gasteiger partial charge in [-0.3, -0.25) is 19.7 Å². The van der Waals surface area contributed by atoms with Crippen LogP contribution < -0.4 is 15.8 Å². The molecule has 0 aliphatic heterocycles. The number of aromatic nitrogens is 3. The fraction of sp³-hybridized carbons (Fsp3) is 0.412. The zero-order valence-electron chi connectivity index (χ0n) is 15.7. The lowest BCUT2D eigenvalue weighted by Crippen LogP contribution is -2.17. The van der Waals surface area contributed by atoms with E-state index in [1.807, 2.05) is 4.57 Å². The fourth-order valence-electron chi connectivity index (χ4n) is 2.69. The molecule has 2 aromatic rings. The predicted molar refractivity (Wildman–Crippen MR) is 105 cm³/mol. The molecule has 12 heteroatoms. The molecule has 29 heavy (non-hydrogen) atoms. The largest absolute Gasteiger partial charge is 0.496 e. The van der Waals surface area contributed by atoms with Crippen molar-refractivity contribution in [3.63, 3.8) is 0 Å². The van der Waals surface area contributed by atoms with Gasteiger partial charge in [0, 0.05) is 18.9 Å². The molecular formula is C17H20N6O5S. The van der Waals surface area contributed by atoms with E-state index < -0.39 is 16.7 Å². The third-order valence-electron chi connectivity index (χ3n) is 4.28. The first-order chi connectivity index (χ1) is 13.9. The van der Waals surface area contributed by atoms with Crippen LogP contribution in [-0.2, 0) is 16.1 Å². The topological polar surface area (TPSA) is 155 Å². The minimum atomic E-state index is -0.590. The molecule has 1 aromatic carbocycles. The summed E-state index contributed by atoms with van der Waals surface area (Å²) in [6.07, 6.45) is 2.18. The van der Waals surface area contributed by atoms with E-state index in [2.05, 4.69) is 15.5 Å². The molecule has 154 valence electrons. The second kappa shape index (κ2) is 8.90. The van der Waals surface area contributed by atoms with Crippen LogP contribution in [0.2, 0.25) is 0 Å². The van der Waals surface area contributed by atoms with Gasteiger partial charge < -0.3 is 20.4 Å². The molecule has 1 aliphatic carbocycles. The normalized spacial score (nSPS) is 13.1. The average molecular weight is 420 g/mol. The van der Waals surface area contributed by atoms with Crippen molar-refractivity contribution >= 4 is 35.0 Å². The summed E-state index contributed by atoms with van der Waals surface area (Å²) in [5.41, 5.74) is 5.06. The number of nitro groups is 1. The van der Waals surface area contributed by atoms with Gasteiger partial charge in [-0.15, -0.1) is 10.2 Å². The number of nitrogens with two attached hydrogens (primary N) is 1. The van der Waals surface area contributed by atoms with Crippen LogP contribution in [0, 0.1) is 10.1 Å². The first-order valence-electron chi connectivity index (χ1n) is 8.85. The van der Waals surface area contributed by atoms with E-state index >= 15 is 0 Å². The minimum absolute atomic E-state index is 0.0252. The smallest absolute Gasteiger partial charge is 0.296 e. The Kier molecular flexibility index (Phi) is 6.32. The molecule has 0 bridgehead atoms. The number of anilines is 1. The summed E-state index contributed by atoms with van der Waals surface area (Å²) in [7, 11) is 1.40. The van der Waals surface area contributed by atoms with Crippen molar-refractivity contribution in [2.45, 2.75) is 36.9 Å². The zero-order valence-corrected chi connectivity index (χ0v) is 16.5. The number of carbonyl (C=O) groups excluding carboxylic acids is 2. The highest BCUT2D eigenvalue weighted by Gasteiger charge is 2.30. The van der Waals surface area contributed by atoms with Gasteiger partial charge in [-0.05, 0) is 25.0 Å². The Morgan fingerprint density at radius 2 is 2.17 bits per heavy atom. The van der Waals surface area contributed by atoms with Gasteiger partial charge in [-0.2, -0.15) is 0 Å². The Hall–Kier alpha value is -3.15. The number of thioether (sulfide) groups is 1. The van der Waals surface area contributed by atoms with Gasteiger partial charge in [0.15, 0.2) is 5.16 Å². The van der Waals surface area contributed by atoms with E-state index in [1.165, 1.54) is 25.3 Å². The van der Waals surface area contributed by atoms with Gasteiger partial charge in [0.05, 0.1) is 23.9 Å². The van der Waals surface area contributed by atoms with Gasteiger partial charge in [0.25, 0.3) is 5.69 Å². The van der Waals surface area contributed by atoms with Crippen molar-refractivity contribution in [3.05, 3.63) is 34.1 Å². The number of nitrogens with zero attached hydrogens (tertiary/aromatic N) is 4. The number of primary amides is 1. The number of benzene rings is 1. The Morgan fingerprint density at radius 1 is 1.41 bits per heavy atom. The maximum absolute atomic E-state index is 12.3. The van der Waals surface area contributed by atoms with Crippen LogP contribution in [0.4, 0.5) is 11.4 Å². The summed E-state index contributed by atoms with van der Waals surface area (Å²) in [5, 5.41) is 22.6. The number of nitro benzene ring substituents is 1. The highest BCUT2D eigenvalue weighted by molar-refractivity contribution is 7.99. The molecule has 0 atom stereocenters. The predicted octanol–water partition coefficient (Wildman–Crippen LogP) is 1.68. The highest BCUT2D eigenvalue weighted by Crippen LogP contribution is 2.40. The Morgan fingerprint density at radius 3 is 2.79 bits per heavy atom. The summed E-state index contributed by atoms with van der Waals surface area (Å²) >= 11 is 1.14. The van der Waals surface area contributed by atoms with Gasteiger partial charge in [0.1, 0.15) is 17.3 Å². The van der Waals surface area contributed by atoms with Gasteiger partial charge in [0.2, 0.25) is 11.8 Å². The zero-order chi connectivity index (χ0) is 21.0. The summed E-state index contributed by atoms with van der Waals surface area (Å²) in [6, 6.07) is 4.18. The van der Waals surface area contributed by atoms with Gasteiger partial charge in [-0.25, -0.2) is 0 Å². The molecule has 0 unspecified atom stereocenters. The van der Waals surface area contributed by atoms with E-state index in [4.69, 9.17) is 10.5 Å². The summed E-state index contributed by atoms with van der Waals surface area (Å²) in [5.74, 6) is 0.545. The lowest BCUT2D eigenvalue weighted by molar-refractivity contribution is -0.384. The van der Waals surface area contributed by atoms with Crippen LogP contribution in [0.15, 0.2) is 23.4 Å². The molecule has 0 spiro atoms. The van der Waals surface area contributed by atoms with Gasteiger partial charge in [-0.1, -0.05) is 11.8 Å². The van der Waals surface area contributed by atoms with Crippen LogP contribution in [0.1, 0.15) is 31.0 Å². The number of rotatable bonds is 10. The van der Waals surface area contributed by atoms with E-state index in [-0.39, 0.29) is 23.5 Å². The first-order valence-corrected chi connectivity index (χ1v) is 9.84. The van der Waals surface area contributed by atoms with E-state index in [9.17, 15) is 19.7 Å².